The molecule has 1 atom stereocenters. The molecule has 2 radical (unpaired) electrons. The molecule has 50 heavy (non-hydrogen) atoms. The lowest BCUT2D eigenvalue weighted by atomic mass is 9.91. The number of carbonyl (C=O) groups is 4. The lowest BCUT2D eigenvalue weighted by Crippen LogP contribution is -2.55. The van der Waals surface area contributed by atoms with Crippen LogP contribution in [0.25, 0.3) is 0 Å². The molecule has 14 heteroatoms. The van der Waals surface area contributed by atoms with Gasteiger partial charge in [-0.05, 0) is 55.4 Å². The molecule has 2 aromatic carbocycles. The normalized spacial score (nSPS) is 20.5. The smallest absolute Gasteiger partial charge is 0.410 e. The number of fused-ring (bicyclic) bond motifs is 1. The van der Waals surface area contributed by atoms with E-state index in [0.29, 0.717) is 63.7 Å². The average Bonchev–Trinajstić information content (AvgIpc) is 3.30. The second-order valence-electron chi connectivity index (χ2n) is 13.8. The second-order valence-corrected chi connectivity index (χ2v) is 13.8. The molecule has 0 spiro atoms. The number of phenolic OH excluding ortho intramolecular Hbond substituents is 1. The van der Waals surface area contributed by atoms with Gasteiger partial charge in [0.15, 0.2) is 6.10 Å². The molecule has 2 aromatic rings. The SMILES string of the molecule is [B]c1cc(C[C@@H](OC(=O)N2CCC(N3CCc4ccccc4NC3=O)CC2)C(=O)N2CCC(N3CCN(CCC(=O)O)CC3)CC2)ccc1O. The van der Waals surface area contributed by atoms with Gasteiger partial charge in [0.1, 0.15) is 13.6 Å². The quantitative estimate of drug-likeness (QED) is 0.337. The number of phenols is 1. The van der Waals surface area contributed by atoms with E-state index in [1.165, 1.54) is 6.07 Å². The summed E-state index contributed by atoms with van der Waals surface area (Å²) in [4.78, 5) is 61.4. The molecule has 3 saturated heterocycles. The Morgan fingerprint density at radius 1 is 0.880 bits per heavy atom. The summed E-state index contributed by atoms with van der Waals surface area (Å²) in [7, 11) is 5.95. The van der Waals surface area contributed by atoms with Crippen LogP contribution < -0.4 is 10.8 Å². The van der Waals surface area contributed by atoms with E-state index in [1.54, 1.807) is 21.9 Å². The number of benzene rings is 2. The van der Waals surface area contributed by atoms with Crippen molar-refractivity contribution in [2.75, 3.05) is 70.8 Å². The number of nitrogens with zero attached hydrogens (tertiary/aromatic N) is 5. The van der Waals surface area contributed by atoms with Crippen molar-refractivity contribution in [3.05, 3.63) is 53.6 Å². The predicted molar refractivity (Wildman–Crippen MR) is 188 cm³/mol. The zero-order valence-electron chi connectivity index (χ0n) is 28.5. The fourth-order valence-corrected chi connectivity index (χ4v) is 7.68. The number of urea groups is 1. The fraction of sp³-hybridized carbons (Fsp3) is 0.556. The minimum absolute atomic E-state index is 0.0141. The van der Waals surface area contributed by atoms with Gasteiger partial charge in [-0.2, -0.15) is 0 Å². The lowest BCUT2D eigenvalue weighted by molar-refractivity contribution is -0.143. The third kappa shape index (κ3) is 8.70. The predicted octanol–water partition coefficient (Wildman–Crippen LogP) is 1.87. The first-order valence-corrected chi connectivity index (χ1v) is 17.8. The standard InChI is InChI=1S/C36H47BN6O7/c37-29-23-25(5-6-31(29)44)24-32(34(47)41-14-8-27(9-15-41)40-21-19-39(20-22-40)13-12-33(45)46)50-36(49)42-16-10-28(11-17-42)43-18-7-26-3-1-2-4-30(26)38-35(43)48/h1-6,23,27-28,32,44H,7-22,24H2,(H,38,48)(H,45,46)/t32-/m1/s1. The number of likely N-dealkylation sites (tertiary alicyclic amines) is 2. The van der Waals surface area contributed by atoms with Gasteiger partial charge < -0.3 is 39.9 Å². The van der Waals surface area contributed by atoms with Crippen LogP contribution in [0.15, 0.2) is 42.5 Å². The Bertz CT molecular complexity index is 1540. The Morgan fingerprint density at radius 3 is 2.26 bits per heavy atom. The number of anilines is 1. The van der Waals surface area contributed by atoms with Crippen molar-refractivity contribution in [2.45, 2.75) is 63.1 Å². The Balaban J connectivity index is 1.04. The summed E-state index contributed by atoms with van der Waals surface area (Å²) < 4.78 is 5.98. The molecule has 3 fully saturated rings. The maximum Gasteiger partial charge on any atom is 0.410 e. The van der Waals surface area contributed by atoms with Gasteiger partial charge >= 0.3 is 18.1 Å². The molecule has 13 nitrogen and oxygen atoms in total. The molecule has 4 heterocycles. The van der Waals surface area contributed by atoms with Crippen LogP contribution in [0.5, 0.6) is 5.75 Å². The summed E-state index contributed by atoms with van der Waals surface area (Å²) in [6, 6.07) is 12.8. The van der Waals surface area contributed by atoms with Crippen LogP contribution >= 0.6 is 0 Å². The van der Waals surface area contributed by atoms with Gasteiger partial charge in [0.2, 0.25) is 0 Å². The Hall–Kier alpha value is -4.30. The number of carboxylic acids is 1. The number of hydrogen-bond acceptors (Lipinski definition) is 8. The van der Waals surface area contributed by atoms with Gasteiger partial charge in [-0.15, -0.1) is 0 Å². The number of para-hydroxylation sites is 1. The molecule has 0 unspecified atom stereocenters. The molecule has 4 aliphatic heterocycles. The first-order chi connectivity index (χ1) is 24.1. The highest BCUT2D eigenvalue weighted by molar-refractivity contribution is 6.34. The van der Waals surface area contributed by atoms with Crippen LogP contribution in [-0.2, 0) is 27.2 Å². The maximum atomic E-state index is 14.0. The zero-order chi connectivity index (χ0) is 35.2. The molecular formula is C36H47BN6O7. The van der Waals surface area contributed by atoms with E-state index >= 15 is 0 Å². The summed E-state index contributed by atoms with van der Waals surface area (Å²) in [6.45, 7) is 6.46. The van der Waals surface area contributed by atoms with E-state index in [4.69, 9.17) is 17.7 Å². The van der Waals surface area contributed by atoms with E-state index in [9.17, 15) is 24.3 Å². The van der Waals surface area contributed by atoms with Crippen LogP contribution in [0.1, 0.15) is 43.2 Å². The topological polar surface area (TPSA) is 146 Å². The molecule has 3 N–H and O–H groups in total. The number of carbonyl (C=O) groups excluding carboxylic acids is 3. The van der Waals surface area contributed by atoms with Crippen molar-refractivity contribution in [3.8, 4) is 5.75 Å². The molecule has 0 saturated carbocycles. The van der Waals surface area contributed by atoms with Crippen molar-refractivity contribution in [2.24, 2.45) is 0 Å². The summed E-state index contributed by atoms with van der Waals surface area (Å²) in [5.41, 5.74) is 2.80. The number of nitrogens with one attached hydrogen (secondary N) is 1. The third-order valence-corrected chi connectivity index (χ3v) is 10.7. The third-order valence-electron chi connectivity index (χ3n) is 10.7. The van der Waals surface area contributed by atoms with Gasteiger partial charge in [0.05, 0.1) is 6.42 Å². The molecular weight excluding hydrogens is 639 g/mol. The number of carboxylic acid groups (broad SMARTS) is 1. The van der Waals surface area contributed by atoms with Gasteiger partial charge in [-0.1, -0.05) is 35.8 Å². The van der Waals surface area contributed by atoms with Crippen molar-refractivity contribution >= 4 is 43.0 Å². The lowest BCUT2D eigenvalue weighted by Gasteiger charge is -2.43. The van der Waals surface area contributed by atoms with Gasteiger partial charge in [-0.3, -0.25) is 14.5 Å². The van der Waals surface area contributed by atoms with Crippen LogP contribution in [0, 0.1) is 0 Å². The molecule has 0 bridgehead atoms. The average molecular weight is 687 g/mol. The Morgan fingerprint density at radius 2 is 1.56 bits per heavy atom. The number of aliphatic carboxylic acids is 1. The largest absolute Gasteiger partial charge is 0.509 e. The number of amides is 4. The summed E-state index contributed by atoms with van der Waals surface area (Å²) in [5, 5.41) is 22.0. The van der Waals surface area contributed by atoms with Crippen molar-refractivity contribution < 1.29 is 34.1 Å². The van der Waals surface area contributed by atoms with E-state index in [2.05, 4.69) is 15.1 Å². The molecule has 6 rings (SSSR count). The van der Waals surface area contributed by atoms with E-state index in [1.807, 2.05) is 29.2 Å². The maximum absolute atomic E-state index is 14.0. The first-order valence-electron chi connectivity index (χ1n) is 17.8. The van der Waals surface area contributed by atoms with Crippen LogP contribution in [0.4, 0.5) is 15.3 Å². The van der Waals surface area contributed by atoms with Crippen molar-refractivity contribution in [3.63, 3.8) is 0 Å². The van der Waals surface area contributed by atoms with Gasteiger partial charge in [0, 0.05) is 89.6 Å². The number of piperidine rings is 2. The van der Waals surface area contributed by atoms with E-state index in [0.717, 1.165) is 56.7 Å². The van der Waals surface area contributed by atoms with E-state index in [-0.39, 0.29) is 42.0 Å². The van der Waals surface area contributed by atoms with Crippen molar-refractivity contribution in [1.29, 1.82) is 0 Å². The second kappa shape index (κ2) is 16.2. The number of piperazine rings is 1. The molecule has 4 amide bonds. The monoisotopic (exact) mass is 686 g/mol. The highest BCUT2D eigenvalue weighted by atomic mass is 16.6. The number of hydrogen-bond donors (Lipinski definition) is 3. The molecule has 0 aromatic heterocycles. The first kappa shape index (κ1) is 35.5. The minimum Gasteiger partial charge on any atom is -0.509 e. The van der Waals surface area contributed by atoms with Crippen LogP contribution in [-0.4, -0.2) is 150 Å². The Kier molecular flexibility index (Phi) is 11.5. The van der Waals surface area contributed by atoms with Crippen molar-refractivity contribution in [1.82, 2.24) is 24.5 Å². The Labute approximate surface area is 294 Å². The minimum atomic E-state index is -1.06. The van der Waals surface area contributed by atoms with Crippen LogP contribution in [0.2, 0.25) is 0 Å². The van der Waals surface area contributed by atoms with Gasteiger partial charge in [0.25, 0.3) is 5.91 Å². The van der Waals surface area contributed by atoms with Crippen LogP contribution in [0.3, 0.4) is 0 Å². The number of ether oxygens (including phenoxy) is 1. The number of rotatable bonds is 9. The summed E-state index contributed by atoms with van der Waals surface area (Å²) >= 11 is 0. The summed E-state index contributed by atoms with van der Waals surface area (Å²) in [6.07, 6.45) is 2.22. The molecule has 4 aliphatic rings. The fourth-order valence-electron chi connectivity index (χ4n) is 7.68. The molecule has 0 aliphatic carbocycles. The highest BCUT2D eigenvalue weighted by Gasteiger charge is 2.36. The molecule has 266 valence electrons. The number of aromatic hydroxyl groups is 1. The van der Waals surface area contributed by atoms with Gasteiger partial charge in [-0.25, -0.2) is 9.59 Å². The zero-order valence-corrected chi connectivity index (χ0v) is 28.5. The van der Waals surface area contributed by atoms with E-state index < -0.39 is 18.2 Å². The summed E-state index contributed by atoms with van der Waals surface area (Å²) in [5.74, 6) is -1.08. The highest BCUT2D eigenvalue weighted by Crippen LogP contribution is 2.26.